The van der Waals surface area contributed by atoms with E-state index in [4.69, 9.17) is 19.0 Å². The molecule has 0 atom stereocenters. The van der Waals surface area contributed by atoms with E-state index >= 15 is 0 Å². The zero-order chi connectivity index (χ0) is 8.74. The average Bonchev–Trinajstić information content (AvgIpc) is 2.08. The van der Waals surface area contributed by atoms with Crippen LogP contribution in [-0.2, 0) is 13.3 Å². The topological polar surface area (TPSA) is 88.7 Å². The number of hydrogen-bond donors (Lipinski definition) is 2. The van der Waals surface area contributed by atoms with Crippen molar-refractivity contribution in [2.45, 2.75) is 12.5 Å². The van der Waals surface area contributed by atoms with Crippen molar-refractivity contribution in [1.29, 1.82) is 0 Å². The molecule has 0 aromatic rings. The summed E-state index contributed by atoms with van der Waals surface area (Å²) in [6.45, 7) is 0.644. The second-order valence-corrected chi connectivity index (χ2v) is 5.28. The van der Waals surface area contributed by atoms with Gasteiger partial charge in [-0.2, -0.15) is 0 Å². The molecule has 0 aliphatic heterocycles. The van der Waals surface area contributed by atoms with Gasteiger partial charge in [-0.15, -0.1) is 12.4 Å². The average molecular weight is 233 g/mol. The number of hydrogen-bond acceptors (Lipinski definition) is 5. The summed E-state index contributed by atoms with van der Waals surface area (Å²) >= 11 is 0. The Morgan fingerprint density at radius 3 is 1.69 bits per heavy atom. The molecule has 0 saturated carbocycles. The molecule has 84 valence electrons. The van der Waals surface area contributed by atoms with Gasteiger partial charge >= 0.3 is 8.80 Å². The smallest absolute Gasteiger partial charge is 0.377 e. The van der Waals surface area contributed by atoms with Crippen LogP contribution in [0.2, 0.25) is 6.04 Å². The van der Waals surface area contributed by atoms with Gasteiger partial charge in [0.25, 0.3) is 0 Å². The molecule has 0 bridgehead atoms. The van der Waals surface area contributed by atoms with Crippen LogP contribution in [0.1, 0.15) is 6.42 Å². The predicted molar refractivity (Wildman–Crippen MR) is 57.5 cm³/mol. The van der Waals surface area contributed by atoms with Crippen molar-refractivity contribution in [3.05, 3.63) is 0 Å². The molecule has 5 N–H and O–H groups in total. The molecule has 0 heterocycles. The molecule has 0 radical (unpaired) electrons. The van der Waals surface area contributed by atoms with E-state index in [0.29, 0.717) is 6.54 Å². The van der Waals surface area contributed by atoms with Crippen molar-refractivity contribution >= 4 is 21.2 Å². The molecule has 13 heavy (non-hydrogen) atoms. The van der Waals surface area contributed by atoms with Gasteiger partial charge in [-0.1, -0.05) is 0 Å². The highest BCUT2D eigenvalue weighted by molar-refractivity contribution is 6.60. The van der Waals surface area contributed by atoms with Crippen molar-refractivity contribution in [2.75, 3.05) is 27.9 Å². The molecule has 0 aliphatic rings. The zero-order valence-corrected chi connectivity index (χ0v) is 10.4. The molecule has 7 heteroatoms. The maximum atomic E-state index is 5.36. The number of nitrogens with two attached hydrogens (primary N) is 1. The summed E-state index contributed by atoms with van der Waals surface area (Å²) in [7, 11) is 2.50. The molecule has 0 saturated heterocycles. The highest BCUT2D eigenvalue weighted by Crippen LogP contribution is 2.13. The second-order valence-electron chi connectivity index (χ2n) is 2.19. The van der Waals surface area contributed by atoms with Gasteiger partial charge in [0.1, 0.15) is 0 Å². The Labute approximate surface area is 87.3 Å². The first-order chi connectivity index (χ1) is 5.24. The quantitative estimate of drug-likeness (QED) is 0.662. The Balaban J connectivity index is -0.000000500. The third kappa shape index (κ3) is 6.39. The van der Waals surface area contributed by atoms with E-state index in [2.05, 4.69) is 0 Å². The van der Waals surface area contributed by atoms with Crippen LogP contribution in [0.5, 0.6) is 0 Å². The van der Waals surface area contributed by atoms with Gasteiger partial charge < -0.3 is 25.2 Å². The Kier molecular flexibility index (Phi) is 15.2. The van der Waals surface area contributed by atoms with Crippen LogP contribution < -0.4 is 11.9 Å². The van der Waals surface area contributed by atoms with Crippen molar-refractivity contribution in [1.82, 2.24) is 6.15 Å². The lowest BCUT2D eigenvalue weighted by Gasteiger charge is -2.23. The molecule has 0 fully saturated rings. The fourth-order valence-corrected chi connectivity index (χ4v) is 2.62. The van der Waals surface area contributed by atoms with Crippen LogP contribution >= 0.6 is 12.4 Å². The molecule has 0 aromatic heterocycles. The first-order valence-electron chi connectivity index (χ1n) is 3.60. The van der Waals surface area contributed by atoms with Gasteiger partial charge in [-0.05, 0) is 13.0 Å². The van der Waals surface area contributed by atoms with Crippen LogP contribution in [0, 0.1) is 0 Å². The summed E-state index contributed by atoms with van der Waals surface area (Å²) in [5.41, 5.74) is 5.36. The van der Waals surface area contributed by atoms with Gasteiger partial charge in [0.15, 0.2) is 0 Å². The Hall–Kier alpha value is 0.307. The van der Waals surface area contributed by atoms with Crippen LogP contribution in [0.25, 0.3) is 0 Å². The monoisotopic (exact) mass is 232 g/mol. The van der Waals surface area contributed by atoms with Crippen LogP contribution in [0.4, 0.5) is 0 Å². The SMILES string of the molecule is CO[Si](CCCN)(OC)OC.Cl.N. The minimum atomic E-state index is -2.32. The van der Waals surface area contributed by atoms with Crippen LogP contribution in [0.15, 0.2) is 0 Å². The van der Waals surface area contributed by atoms with Crippen LogP contribution in [-0.4, -0.2) is 36.7 Å². The lowest BCUT2D eigenvalue weighted by atomic mass is 10.5. The van der Waals surface area contributed by atoms with E-state index in [1.54, 1.807) is 21.3 Å². The van der Waals surface area contributed by atoms with Crippen molar-refractivity contribution in [2.24, 2.45) is 5.73 Å². The molecular formula is C6H21ClN2O3Si. The third-order valence-electron chi connectivity index (χ3n) is 1.62. The molecule has 0 amide bonds. The summed E-state index contributed by atoms with van der Waals surface area (Å²) in [5.74, 6) is 0. The van der Waals surface area contributed by atoms with Crippen molar-refractivity contribution < 1.29 is 13.3 Å². The lowest BCUT2D eigenvalue weighted by molar-refractivity contribution is 0.123. The summed E-state index contributed by atoms with van der Waals surface area (Å²) in [6.07, 6.45) is 0.877. The van der Waals surface area contributed by atoms with E-state index < -0.39 is 8.80 Å². The minimum absolute atomic E-state index is 0. The first kappa shape index (κ1) is 19.0. The Bertz CT molecular complexity index is 97.6. The summed E-state index contributed by atoms with van der Waals surface area (Å²) in [5, 5.41) is 0. The van der Waals surface area contributed by atoms with Gasteiger partial charge in [-0.25, -0.2) is 0 Å². The fourth-order valence-electron chi connectivity index (χ4n) is 0.875. The van der Waals surface area contributed by atoms with Crippen LogP contribution in [0.3, 0.4) is 0 Å². The van der Waals surface area contributed by atoms with E-state index in [-0.39, 0.29) is 18.6 Å². The predicted octanol–water partition coefficient (Wildman–Crippen LogP) is 0.797. The van der Waals surface area contributed by atoms with E-state index in [9.17, 15) is 0 Å². The van der Waals surface area contributed by atoms with Gasteiger partial charge in [0.2, 0.25) is 0 Å². The van der Waals surface area contributed by atoms with Gasteiger partial charge in [0.05, 0.1) is 0 Å². The van der Waals surface area contributed by atoms with E-state index in [1.807, 2.05) is 0 Å². The van der Waals surface area contributed by atoms with Gasteiger partial charge in [-0.3, -0.25) is 0 Å². The highest BCUT2D eigenvalue weighted by atomic mass is 35.5. The highest BCUT2D eigenvalue weighted by Gasteiger charge is 2.36. The maximum absolute atomic E-state index is 5.36. The standard InChI is InChI=1S/C6H17NO3Si.ClH.H3N/c1-8-11(9-2,10-3)6-4-5-7;;/h4-7H2,1-3H3;1H;1H3. The maximum Gasteiger partial charge on any atom is 0.500 e. The summed E-state index contributed by atoms with van der Waals surface area (Å²) in [6, 6.07) is 0.785. The van der Waals surface area contributed by atoms with Crippen molar-refractivity contribution in [3.63, 3.8) is 0 Å². The lowest BCUT2D eigenvalue weighted by Crippen LogP contribution is -2.42. The van der Waals surface area contributed by atoms with Crippen molar-refractivity contribution in [3.8, 4) is 0 Å². The molecular weight excluding hydrogens is 212 g/mol. The first-order valence-corrected chi connectivity index (χ1v) is 5.53. The normalized spacial score (nSPS) is 10.2. The minimum Gasteiger partial charge on any atom is -0.377 e. The molecule has 5 nitrogen and oxygen atoms in total. The molecule has 0 aliphatic carbocycles. The fraction of sp³-hybridized carbons (Fsp3) is 1.00. The molecule has 0 spiro atoms. The third-order valence-corrected chi connectivity index (χ3v) is 4.45. The summed E-state index contributed by atoms with van der Waals surface area (Å²) in [4.78, 5) is 0. The number of rotatable bonds is 6. The number of halogens is 1. The Morgan fingerprint density at radius 1 is 1.08 bits per heavy atom. The van der Waals surface area contributed by atoms with Gasteiger partial charge in [0, 0.05) is 27.4 Å². The Morgan fingerprint density at radius 2 is 1.46 bits per heavy atom. The van der Waals surface area contributed by atoms with E-state index in [0.717, 1.165) is 12.5 Å². The second kappa shape index (κ2) is 10.4. The van der Waals surface area contributed by atoms with E-state index in [1.165, 1.54) is 0 Å². The zero-order valence-electron chi connectivity index (χ0n) is 8.54. The molecule has 0 unspecified atom stereocenters. The molecule has 0 rings (SSSR count). The molecule has 0 aromatic carbocycles. The largest absolute Gasteiger partial charge is 0.500 e. The summed E-state index contributed by atoms with van der Waals surface area (Å²) < 4.78 is 15.5.